The van der Waals surface area contributed by atoms with Crippen LogP contribution in [0.25, 0.3) is 0 Å². The normalized spacial score (nSPS) is 10.7. The van der Waals surface area contributed by atoms with E-state index < -0.39 is 0 Å². The first-order valence-corrected chi connectivity index (χ1v) is 3.95. The van der Waals surface area contributed by atoms with Crippen molar-refractivity contribution in [1.82, 2.24) is 4.73 Å². The van der Waals surface area contributed by atoms with E-state index in [1.165, 1.54) is 6.07 Å². The van der Waals surface area contributed by atoms with E-state index in [9.17, 15) is 10.0 Å². The van der Waals surface area contributed by atoms with Gasteiger partial charge in [0.1, 0.15) is 0 Å². The summed E-state index contributed by atoms with van der Waals surface area (Å²) in [7, 11) is 0. The highest BCUT2D eigenvalue weighted by molar-refractivity contribution is 5.17. The van der Waals surface area contributed by atoms with Gasteiger partial charge < -0.3 is 5.21 Å². The molecule has 0 unspecified atom stereocenters. The average molecular weight is 167 g/mol. The molecule has 0 radical (unpaired) electrons. The molecule has 0 aliphatic heterocycles. The number of pyridine rings is 1. The third-order valence-electron chi connectivity index (χ3n) is 1.77. The molecule has 1 heterocycles. The molecular formula is C9H13NO2. The van der Waals surface area contributed by atoms with Crippen LogP contribution < -0.4 is 5.56 Å². The third-order valence-corrected chi connectivity index (χ3v) is 1.77. The molecule has 0 bridgehead atoms. The van der Waals surface area contributed by atoms with Crippen molar-refractivity contribution in [3.8, 4) is 0 Å². The summed E-state index contributed by atoms with van der Waals surface area (Å²) in [6.45, 7) is 5.70. The Balaban J connectivity index is 3.38. The van der Waals surface area contributed by atoms with Crippen molar-refractivity contribution in [2.75, 3.05) is 0 Å². The number of hydrogen-bond donors (Lipinski definition) is 1. The minimum atomic E-state index is -0.362. The van der Waals surface area contributed by atoms with Crippen molar-refractivity contribution in [2.24, 2.45) is 0 Å². The van der Waals surface area contributed by atoms with Gasteiger partial charge in [0.2, 0.25) is 0 Å². The Labute approximate surface area is 71.2 Å². The van der Waals surface area contributed by atoms with Gasteiger partial charge in [0.25, 0.3) is 5.56 Å². The number of nitrogens with zero attached hydrogens (tertiary/aromatic N) is 1. The average Bonchev–Trinajstić information content (AvgIpc) is 1.96. The smallest absolute Gasteiger partial charge is 0.283 e. The van der Waals surface area contributed by atoms with Gasteiger partial charge in [0, 0.05) is 6.07 Å². The van der Waals surface area contributed by atoms with Crippen LogP contribution in [0.2, 0.25) is 0 Å². The van der Waals surface area contributed by atoms with Crippen molar-refractivity contribution >= 4 is 0 Å². The second-order valence-corrected chi connectivity index (χ2v) is 3.26. The molecule has 0 aliphatic rings. The summed E-state index contributed by atoms with van der Waals surface area (Å²) in [6.07, 6.45) is 0. The summed E-state index contributed by atoms with van der Waals surface area (Å²) < 4.78 is 0.706. The van der Waals surface area contributed by atoms with Crippen LogP contribution in [-0.4, -0.2) is 9.94 Å². The van der Waals surface area contributed by atoms with E-state index in [4.69, 9.17) is 0 Å². The second kappa shape index (κ2) is 3.01. The van der Waals surface area contributed by atoms with E-state index >= 15 is 0 Å². The molecule has 66 valence electrons. The largest absolute Gasteiger partial charge is 0.425 e. The molecule has 0 spiro atoms. The maximum atomic E-state index is 11.1. The standard InChI is InChI=1S/C9H13NO2/c1-6(2)8-4-7(3)5-9(11)10(8)12/h4-6,12H,1-3H3. The Morgan fingerprint density at radius 2 is 2.00 bits per heavy atom. The molecule has 3 heteroatoms. The SMILES string of the molecule is Cc1cc(C(C)C)n(O)c(=O)c1. The Kier molecular flexibility index (Phi) is 2.22. The molecule has 3 nitrogen and oxygen atoms in total. The minimum absolute atomic E-state index is 0.155. The van der Waals surface area contributed by atoms with Crippen LogP contribution in [0, 0.1) is 6.92 Å². The Hall–Kier alpha value is -1.25. The molecule has 0 saturated heterocycles. The lowest BCUT2D eigenvalue weighted by atomic mass is 10.1. The minimum Gasteiger partial charge on any atom is -0.425 e. The number of aromatic nitrogens is 1. The molecule has 1 aromatic rings. The van der Waals surface area contributed by atoms with Crippen LogP contribution in [0.1, 0.15) is 31.0 Å². The predicted octanol–water partition coefficient (Wildman–Crippen LogP) is 1.52. The van der Waals surface area contributed by atoms with Gasteiger partial charge in [-0.05, 0) is 24.5 Å². The summed E-state index contributed by atoms with van der Waals surface area (Å²) in [5.41, 5.74) is 1.17. The topological polar surface area (TPSA) is 42.2 Å². The number of hydrogen-bond acceptors (Lipinski definition) is 2. The van der Waals surface area contributed by atoms with E-state index in [2.05, 4.69) is 0 Å². The third kappa shape index (κ3) is 1.49. The number of aryl methyl sites for hydroxylation is 1. The van der Waals surface area contributed by atoms with E-state index in [-0.39, 0.29) is 11.5 Å². The molecule has 0 saturated carbocycles. The monoisotopic (exact) mass is 167 g/mol. The first-order valence-electron chi connectivity index (χ1n) is 3.95. The van der Waals surface area contributed by atoms with Crippen LogP contribution >= 0.6 is 0 Å². The lowest BCUT2D eigenvalue weighted by molar-refractivity contribution is 0.162. The summed E-state index contributed by atoms with van der Waals surface area (Å²) in [5, 5.41) is 9.30. The summed E-state index contributed by atoms with van der Waals surface area (Å²) in [6, 6.07) is 3.22. The maximum Gasteiger partial charge on any atom is 0.283 e. The highest BCUT2D eigenvalue weighted by Gasteiger charge is 2.06. The Morgan fingerprint density at radius 3 is 2.50 bits per heavy atom. The van der Waals surface area contributed by atoms with Crippen molar-refractivity contribution < 1.29 is 5.21 Å². The van der Waals surface area contributed by atoms with Crippen molar-refractivity contribution in [1.29, 1.82) is 0 Å². The summed E-state index contributed by atoms with van der Waals surface area (Å²) in [4.78, 5) is 11.1. The zero-order valence-electron chi connectivity index (χ0n) is 7.53. The zero-order valence-corrected chi connectivity index (χ0v) is 7.53. The van der Waals surface area contributed by atoms with E-state index in [1.807, 2.05) is 26.8 Å². The zero-order chi connectivity index (χ0) is 9.30. The van der Waals surface area contributed by atoms with Gasteiger partial charge in [-0.25, -0.2) is 0 Å². The van der Waals surface area contributed by atoms with E-state index in [0.717, 1.165) is 5.56 Å². The highest BCUT2D eigenvalue weighted by atomic mass is 16.5. The fourth-order valence-corrected chi connectivity index (χ4v) is 1.13. The van der Waals surface area contributed by atoms with Crippen molar-refractivity contribution in [2.45, 2.75) is 26.7 Å². The van der Waals surface area contributed by atoms with Gasteiger partial charge in [0.15, 0.2) is 0 Å². The van der Waals surface area contributed by atoms with Gasteiger partial charge in [-0.15, -0.1) is 0 Å². The van der Waals surface area contributed by atoms with Gasteiger partial charge in [0.05, 0.1) is 5.69 Å². The molecule has 0 aliphatic carbocycles. The molecule has 0 atom stereocenters. The molecule has 1 aromatic heterocycles. The van der Waals surface area contributed by atoms with Gasteiger partial charge in [-0.3, -0.25) is 4.79 Å². The maximum absolute atomic E-state index is 11.1. The van der Waals surface area contributed by atoms with Gasteiger partial charge in [-0.2, -0.15) is 4.73 Å². The van der Waals surface area contributed by atoms with E-state index in [1.54, 1.807) is 0 Å². The molecule has 12 heavy (non-hydrogen) atoms. The van der Waals surface area contributed by atoms with Crippen molar-refractivity contribution in [3.05, 3.63) is 33.7 Å². The molecule has 0 amide bonds. The van der Waals surface area contributed by atoms with E-state index in [0.29, 0.717) is 10.4 Å². The fourth-order valence-electron chi connectivity index (χ4n) is 1.13. The molecule has 0 fully saturated rings. The lowest BCUT2D eigenvalue weighted by Gasteiger charge is -2.09. The van der Waals surface area contributed by atoms with Gasteiger partial charge >= 0.3 is 0 Å². The highest BCUT2D eigenvalue weighted by Crippen LogP contribution is 2.11. The first kappa shape index (κ1) is 8.84. The quantitative estimate of drug-likeness (QED) is 0.644. The predicted molar refractivity (Wildman–Crippen MR) is 46.7 cm³/mol. The van der Waals surface area contributed by atoms with Crippen LogP contribution in [0.4, 0.5) is 0 Å². The molecule has 1 N–H and O–H groups in total. The number of rotatable bonds is 1. The Bertz CT molecular complexity index is 339. The van der Waals surface area contributed by atoms with Crippen LogP contribution in [0.5, 0.6) is 0 Å². The fraction of sp³-hybridized carbons (Fsp3) is 0.444. The van der Waals surface area contributed by atoms with Crippen LogP contribution in [0.3, 0.4) is 0 Å². The molecular weight excluding hydrogens is 154 g/mol. The lowest BCUT2D eigenvalue weighted by Crippen LogP contribution is -2.21. The Morgan fingerprint density at radius 1 is 1.42 bits per heavy atom. The molecule has 0 aromatic carbocycles. The van der Waals surface area contributed by atoms with Crippen LogP contribution in [0.15, 0.2) is 16.9 Å². The van der Waals surface area contributed by atoms with Crippen LogP contribution in [-0.2, 0) is 0 Å². The first-order chi connectivity index (χ1) is 5.52. The molecule has 1 rings (SSSR count). The second-order valence-electron chi connectivity index (χ2n) is 3.26. The van der Waals surface area contributed by atoms with Gasteiger partial charge in [-0.1, -0.05) is 13.8 Å². The summed E-state index contributed by atoms with van der Waals surface area (Å²) in [5.74, 6) is 0.155. The summed E-state index contributed by atoms with van der Waals surface area (Å²) >= 11 is 0. The van der Waals surface area contributed by atoms with Crippen molar-refractivity contribution in [3.63, 3.8) is 0 Å².